The number of carbonyl (C=O) groups excluding carboxylic acids is 1. The largest absolute Gasteiger partial charge is 0.458 e. The normalized spacial score (nSPS) is 10.4. The van der Waals surface area contributed by atoms with Crippen molar-refractivity contribution in [3.05, 3.63) is 52.4 Å². The van der Waals surface area contributed by atoms with Gasteiger partial charge < -0.3 is 10.2 Å². The van der Waals surface area contributed by atoms with Crippen LogP contribution in [-0.2, 0) is 0 Å². The first-order valence-electron chi connectivity index (χ1n) is 4.74. The maximum absolute atomic E-state index is 12.0. The number of rotatable bonds is 2. The van der Waals surface area contributed by atoms with Crippen molar-refractivity contribution in [2.75, 3.05) is 5.73 Å². The minimum atomic E-state index is -0.259. The molecule has 0 bridgehead atoms. The Kier molecular flexibility index (Phi) is 2.71. The first-order chi connectivity index (χ1) is 7.59. The fourth-order valence-corrected chi connectivity index (χ4v) is 1.63. The van der Waals surface area contributed by atoms with Crippen LogP contribution < -0.4 is 5.73 Å². The number of aryl methyl sites for hydroxylation is 1. The van der Waals surface area contributed by atoms with Crippen LogP contribution in [0.5, 0.6) is 0 Å². The van der Waals surface area contributed by atoms with E-state index >= 15 is 0 Å². The average Bonchev–Trinajstić information content (AvgIpc) is 2.68. The van der Waals surface area contributed by atoms with E-state index in [0.717, 1.165) is 0 Å². The van der Waals surface area contributed by atoms with Crippen LogP contribution in [0.3, 0.4) is 0 Å². The van der Waals surface area contributed by atoms with Gasteiger partial charge in [0.05, 0.1) is 10.7 Å². The predicted molar refractivity (Wildman–Crippen MR) is 62.7 cm³/mol. The van der Waals surface area contributed by atoms with Gasteiger partial charge in [-0.15, -0.1) is 0 Å². The van der Waals surface area contributed by atoms with Crippen LogP contribution in [0.1, 0.15) is 21.9 Å². The van der Waals surface area contributed by atoms with Gasteiger partial charge in [-0.1, -0.05) is 17.7 Å². The van der Waals surface area contributed by atoms with Gasteiger partial charge in [0, 0.05) is 5.56 Å². The Morgan fingerprint density at radius 2 is 2.06 bits per heavy atom. The first-order valence-corrected chi connectivity index (χ1v) is 5.12. The molecule has 3 nitrogen and oxygen atoms in total. The molecule has 82 valence electrons. The zero-order chi connectivity index (χ0) is 11.7. The molecule has 0 atom stereocenters. The van der Waals surface area contributed by atoms with E-state index in [9.17, 15) is 4.79 Å². The summed E-state index contributed by atoms with van der Waals surface area (Å²) in [5, 5.41) is 0.265. The van der Waals surface area contributed by atoms with Crippen LogP contribution in [0, 0.1) is 6.92 Å². The lowest BCUT2D eigenvalue weighted by atomic mass is 10.1. The topological polar surface area (TPSA) is 56.2 Å². The molecular formula is C12H10ClNO2. The quantitative estimate of drug-likeness (QED) is 0.643. The van der Waals surface area contributed by atoms with Gasteiger partial charge in [-0.3, -0.25) is 4.79 Å². The Bertz CT molecular complexity index is 546. The van der Waals surface area contributed by atoms with Crippen molar-refractivity contribution in [2.24, 2.45) is 0 Å². The summed E-state index contributed by atoms with van der Waals surface area (Å²) in [5.41, 5.74) is 6.37. The van der Waals surface area contributed by atoms with Crippen molar-refractivity contribution < 1.29 is 9.21 Å². The smallest absolute Gasteiger partial charge is 0.229 e. The van der Waals surface area contributed by atoms with Crippen molar-refractivity contribution in [2.45, 2.75) is 6.92 Å². The minimum Gasteiger partial charge on any atom is -0.458 e. The SMILES string of the molecule is Cc1ccc(C(=O)c2cccc(N)c2Cl)o1. The van der Waals surface area contributed by atoms with E-state index in [-0.39, 0.29) is 16.6 Å². The number of benzene rings is 1. The Labute approximate surface area is 97.8 Å². The monoisotopic (exact) mass is 235 g/mol. The lowest BCUT2D eigenvalue weighted by Gasteiger charge is -2.03. The van der Waals surface area contributed by atoms with E-state index in [0.29, 0.717) is 17.0 Å². The molecule has 4 heteroatoms. The molecule has 0 fully saturated rings. The fraction of sp³-hybridized carbons (Fsp3) is 0.0833. The molecule has 0 saturated carbocycles. The molecule has 0 unspecified atom stereocenters. The maximum Gasteiger partial charge on any atom is 0.229 e. The molecule has 1 heterocycles. The summed E-state index contributed by atoms with van der Waals surface area (Å²) in [6, 6.07) is 8.31. The third-order valence-corrected chi connectivity index (χ3v) is 2.66. The minimum absolute atomic E-state index is 0.259. The molecule has 0 saturated heterocycles. The molecule has 0 aliphatic carbocycles. The average molecular weight is 236 g/mol. The molecule has 2 N–H and O–H groups in total. The molecule has 16 heavy (non-hydrogen) atoms. The summed E-state index contributed by atoms with van der Waals surface area (Å²) in [7, 11) is 0. The predicted octanol–water partition coefficient (Wildman–Crippen LogP) is 3.05. The van der Waals surface area contributed by atoms with Crippen LogP contribution in [0.2, 0.25) is 5.02 Å². The highest BCUT2D eigenvalue weighted by Gasteiger charge is 2.16. The van der Waals surface area contributed by atoms with E-state index in [1.54, 1.807) is 37.3 Å². The maximum atomic E-state index is 12.0. The summed E-state index contributed by atoms with van der Waals surface area (Å²) >= 11 is 5.96. The molecule has 0 aliphatic heterocycles. The third-order valence-electron chi connectivity index (χ3n) is 2.24. The summed E-state index contributed by atoms with van der Waals surface area (Å²) in [5.74, 6) is 0.693. The van der Waals surface area contributed by atoms with Crippen molar-refractivity contribution in [3.63, 3.8) is 0 Å². The molecular weight excluding hydrogens is 226 g/mol. The molecule has 0 amide bonds. The van der Waals surface area contributed by atoms with Crippen LogP contribution in [0.15, 0.2) is 34.7 Å². The van der Waals surface area contributed by atoms with Crippen LogP contribution in [-0.4, -0.2) is 5.78 Å². The summed E-state index contributed by atoms with van der Waals surface area (Å²) in [4.78, 5) is 12.0. The molecule has 2 rings (SSSR count). The Hall–Kier alpha value is -1.74. The van der Waals surface area contributed by atoms with Gasteiger partial charge in [0.15, 0.2) is 5.76 Å². The summed E-state index contributed by atoms with van der Waals surface area (Å²) in [6.45, 7) is 1.78. The fourth-order valence-electron chi connectivity index (χ4n) is 1.41. The standard InChI is InChI=1S/C12H10ClNO2/c1-7-5-6-10(16-7)12(15)8-3-2-4-9(14)11(8)13/h2-6H,14H2,1H3. The zero-order valence-electron chi connectivity index (χ0n) is 8.66. The van der Waals surface area contributed by atoms with E-state index < -0.39 is 0 Å². The highest BCUT2D eigenvalue weighted by Crippen LogP contribution is 2.25. The second-order valence-corrected chi connectivity index (χ2v) is 3.83. The first kappa shape index (κ1) is 10.8. The van der Waals surface area contributed by atoms with Crippen molar-refractivity contribution in [1.82, 2.24) is 0 Å². The van der Waals surface area contributed by atoms with Gasteiger partial charge >= 0.3 is 0 Å². The van der Waals surface area contributed by atoms with E-state index in [2.05, 4.69) is 0 Å². The van der Waals surface area contributed by atoms with Gasteiger partial charge in [-0.25, -0.2) is 0 Å². The highest BCUT2D eigenvalue weighted by molar-refractivity contribution is 6.37. The molecule has 0 spiro atoms. The number of hydrogen-bond acceptors (Lipinski definition) is 3. The molecule has 1 aromatic carbocycles. The lowest BCUT2D eigenvalue weighted by molar-refractivity contribution is 0.101. The van der Waals surface area contributed by atoms with Gasteiger partial charge in [-0.2, -0.15) is 0 Å². The molecule has 0 aliphatic rings. The highest BCUT2D eigenvalue weighted by atomic mass is 35.5. The summed E-state index contributed by atoms with van der Waals surface area (Å²) in [6.07, 6.45) is 0. The number of nitrogens with two attached hydrogens (primary N) is 1. The molecule has 0 radical (unpaired) electrons. The van der Waals surface area contributed by atoms with E-state index in [4.69, 9.17) is 21.8 Å². The van der Waals surface area contributed by atoms with Crippen molar-refractivity contribution >= 4 is 23.1 Å². The van der Waals surface area contributed by atoms with Crippen molar-refractivity contribution in [1.29, 1.82) is 0 Å². The van der Waals surface area contributed by atoms with E-state index in [1.807, 2.05) is 0 Å². The second kappa shape index (κ2) is 4.02. The van der Waals surface area contributed by atoms with Gasteiger partial charge in [0.2, 0.25) is 5.78 Å². The Balaban J connectivity index is 2.45. The van der Waals surface area contributed by atoms with Crippen LogP contribution >= 0.6 is 11.6 Å². The van der Waals surface area contributed by atoms with Crippen LogP contribution in [0.4, 0.5) is 5.69 Å². The van der Waals surface area contributed by atoms with Gasteiger partial charge in [-0.05, 0) is 31.2 Å². The number of carbonyl (C=O) groups is 1. The number of anilines is 1. The van der Waals surface area contributed by atoms with Crippen molar-refractivity contribution in [3.8, 4) is 0 Å². The second-order valence-electron chi connectivity index (χ2n) is 3.45. The van der Waals surface area contributed by atoms with Gasteiger partial charge in [0.25, 0.3) is 0 Å². The number of ketones is 1. The Morgan fingerprint density at radius 3 is 2.69 bits per heavy atom. The van der Waals surface area contributed by atoms with Crippen LogP contribution in [0.25, 0.3) is 0 Å². The third kappa shape index (κ3) is 1.82. The van der Waals surface area contributed by atoms with Gasteiger partial charge in [0.1, 0.15) is 5.76 Å². The molecule has 2 aromatic rings. The lowest BCUT2D eigenvalue weighted by Crippen LogP contribution is -2.02. The zero-order valence-corrected chi connectivity index (χ0v) is 9.41. The Morgan fingerprint density at radius 1 is 1.31 bits per heavy atom. The number of halogens is 1. The van der Waals surface area contributed by atoms with E-state index in [1.165, 1.54) is 0 Å². The number of hydrogen-bond donors (Lipinski definition) is 1. The number of furan rings is 1. The number of nitrogen functional groups attached to an aromatic ring is 1. The molecule has 1 aromatic heterocycles. The summed E-state index contributed by atoms with van der Waals surface area (Å²) < 4.78 is 5.25.